The van der Waals surface area contributed by atoms with Crippen molar-refractivity contribution in [3.8, 4) is 5.75 Å². The maximum Gasteiger partial charge on any atom is 0.387 e. The number of hydrogen-bond donors (Lipinski definition) is 0. The van der Waals surface area contributed by atoms with Crippen LogP contribution in [0.5, 0.6) is 5.75 Å². The van der Waals surface area contributed by atoms with Crippen molar-refractivity contribution in [3.05, 3.63) is 21.9 Å². The van der Waals surface area contributed by atoms with Gasteiger partial charge in [0.2, 0.25) is 0 Å². The zero-order valence-corrected chi connectivity index (χ0v) is 9.90. The predicted octanol–water partition coefficient (Wildman–Crippen LogP) is 2.78. The molecule has 0 atom stereocenters. The van der Waals surface area contributed by atoms with E-state index >= 15 is 0 Å². The average Bonchev–Trinajstić information content (AvgIpc) is 2.41. The topological polar surface area (TPSA) is 27.1 Å². The van der Waals surface area contributed by atoms with E-state index in [0.29, 0.717) is 0 Å². The van der Waals surface area contributed by atoms with Gasteiger partial charge in [-0.3, -0.25) is 4.68 Å². The number of nitrogens with zero attached hydrogens (tertiary/aromatic N) is 2. The van der Waals surface area contributed by atoms with Crippen LogP contribution in [0.3, 0.4) is 0 Å². The second-order valence-electron chi connectivity index (χ2n) is 2.97. The van der Waals surface area contributed by atoms with Crippen molar-refractivity contribution in [1.82, 2.24) is 9.78 Å². The van der Waals surface area contributed by atoms with Crippen molar-refractivity contribution in [3.63, 3.8) is 0 Å². The van der Waals surface area contributed by atoms with Crippen molar-refractivity contribution in [2.45, 2.75) is 6.61 Å². The zero-order chi connectivity index (χ0) is 11.0. The molecule has 3 nitrogen and oxygen atoms in total. The molecule has 0 spiro atoms. The minimum Gasteiger partial charge on any atom is -0.435 e. The van der Waals surface area contributed by atoms with Gasteiger partial charge in [0.25, 0.3) is 0 Å². The summed E-state index contributed by atoms with van der Waals surface area (Å²) in [5.74, 6) is 0.156. The van der Waals surface area contributed by atoms with Crippen LogP contribution in [0.4, 0.5) is 8.78 Å². The van der Waals surface area contributed by atoms with Crippen LogP contribution in [-0.4, -0.2) is 16.4 Å². The normalized spacial score (nSPS) is 11.3. The number of aryl methyl sites for hydroxylation is 1. The number of benzene rings is 1. The van der Waals surface area contributed by atoms with Crippen molar-refractivity contribution in [2.24, 2.45) is 7.05 Å². The number of ether oxygens (including phenoxy) is 1. The third-order valence-electron chi connectivity index (χ3n) is 2.00. The first kappa shape index (κ1) is 10.6. The predicted molar refractivity (Wildman–Crippen MR) is 60.1 cm³/mol. The Labute approximate surface area is 98.2 Å². The van der Waals surface area contributed by atoms with E-state index in [1.807, 2.05) is 0 Å². The molecule has 80 valence electrons. The largest absolute Gasteiger partial charge is 0.435 e. The fourth-order valence-electron chi connectivity index (χ4n) is 1.38. The Hall–Kier alpha value is -0.920. The zero-order valence-electron chi connectivity index (χ0n) is 7.75. The second kappa shape index (κ2) is 3.92. The molecule has 0 saturated heterocycles. The van der Waals surface area contributed by atoms with E-state index in [9.17, 15) is 8.78 Å². The molecule has 0 unspecified atom stereocenters. The van der Waals surface area contributed by atoms with Crippen LogP contribution in [0, 0.1) is 3.70 Å². The summed E-state index contributed by atoms with van der Waals surface area (Å²) in [7, 11) is 1.80. The van der Waals surface area contributed by atoms with Gasteiger partial charge in [0.15, 0.2) is 0 Å². The van der Waals surface area contributed by atoms with E-state index in [4.69, 9.17) is 0 Å². The minimum absolute atomic E-state index is 0.156. The Bertz CT molecular complexity index is 498. The van der Waals surface area contributed by atoms with E-state index in [0.717, 1.165) is 14.6 Å². The highest BCUT2D eigenvalue weighted by atomic mass is 127. The molecule has 0 N–H and O–H groups in total. The molecule has 6 heteroatoms. The standard InChI is InChI=1S/C9H7F2IN2O/c1-14-7-3-2-5(15-9(10)11)4-6(7)8(12)13-14/h2-4,9H,1H3. The Morgan fingerprint density at radius 3 is 2.87 bits per heavy atom. The molecule has 0 fully saturated rings. The van der Waals surface area contributed by atoms with Crippen molar-refractivity contribution in [1.29, 1.82) is 0 Å². The number of rotatable bonds is 2. The third kappa shape index (κ3) is 2.04. The van der Waals surface area contributed by atoms with E-state index in [1.54, 1.807) is 23.9 Å². The first-order valence-electron chi connectivity index (χ1n) is 4.15. The van der Waals surface area contributed by atoms with Crippen molar-refractivity contribution < 1.29 is 13.5 Å². The lowest BCUT2D eigenvalue weighted by Gasteiger charge is -2.03. The molecule has 15 heavy (non-hydrogen) atoms. The van der Waals surface area contributed by atoms with Crippen LogP contribution in [0.15, 0.2) is 18.2 Å². The summed E-state index contributed by atoms with van der Waals surface area (Å²) in [4.78, 5) is 0. The van der Waals surface area contributed by atoms with E-state index in [1.165, 1.54) is 6.07 Å². The van der Waals surface area contributed by atoms with Gasteiger partial charge in [-0.1, -0.05) is 0 Å². The highest BCUT2D eigenvalue weighted by Gasteiger charge is 2.09. The fraction of sp³-hybridized carbons (Fsp3) is 0.222. The molecule has 0 aliphatic rings. The molecule has 2 aromatic rings. The lowest BCUT2D eigenvalue weighted by Crippen LogP contribution is -2.01. The Morgan fingerprint density at radius 1 is 1.47 bits per heavy atom. The van der Waals surface area contributed by atoms with Crippen LogP contribution in [0.1, 0.15) is 0 Å². The van der Waals surface area contributed by atoms with Gasteiger partial charge in [0.05, 0.1) is 5.52 Å². The van der Waals surface area contributed by atoms with Gasteiger partial charge in [-0.25, -0.2) is 0 Å². The third-order valence-corrected chi connectivity index (χ3v) is 2.80. The summed E-state index contributed by atoms with van der Waals surface area (Å²) in [6.07, 6.45) is 0. The smallest absolute Gasteiger partial charge is 0.387 e. The Balaban J connectivity index is 2.50. The van der Waals surface area contributed by atoms with Gasteiger partial charge in [-0.15, -0.1) is 0 Å². The number of alkyl halides is 2. The summed E-state index contributed by atoms with van der Waals surface area (Å²) < 4.78 is 30.7. The van der Waals surface area contributed by atoms with Crippen molar-refractivity contribution in [2.75, 3.05) is 0 Å². The summed E-state index contributed by atoms with van der Waals surface area (Å²) >= 11 is 2.05. The van der Waals surface area contributed by atoms with Crippen molar-refractivity contribution >= 4 is 33.5 Å². The molecule has 0 amide bonds. The van der Waals surface area contributed by atoms with E-state index in [2.05, 4.69) is 32.4 Å². The molecular weight excluding hydrogens is 317 g/mol. The molecular formula is C9H7F2IN2O. The van der Waals surface area contributed by atoms with Crippen LogP contribution in [0.25, 0.3) is 10.9 Å². The highest BCUT2D eigenvalue weighted by Crippen LogP contribution is 2.25. The molecule has 1 aromatic carbocycles. The van der Waals surface area contributed by atoms with Gasteiger partial charge < -0.3 is 4.74 Å². The summed E-state index contributed by atoms with van der Waals surface area (Å²) in [6, 6.07) is 4.78. The summed E-state index contributed by atoms with van der Waals surface area (Å²) in [6.45, 7) is -2.79. The first-order valence-corrected chi connectivity index (χ1v) is 5.23. The molecule has 0 radical (unpaired) electrons. The van der Waals surface area contributed by atoms with Gasteiger partial charge in [0, 0.05) is 12.4 Å². The quantitative estimate of drug-likeness (QED) is 0.795. The van der Waals surface area contributed by atoms with Gasteiger partial charge in [-0.2, -0.15) is 13.9 Å². The molecule has 1 aromatic heterocycles. The fourth-order valence-corrected chi connectivity index (χ4v) is 2.13. The maximum atomic E-state index is 12.0. The number of halogens is 3. The van der Waals surface area contributed by atoms with E-state index < -0.39 is 6.61 Å². The van der Waals surface area contributed by atoms with E-state index in [-0.39, 0.29) is 5.75 Å². The molecule has 1 heterocycles. The average molecular weight is 324 g/mol. The Morgan fingerprint density at radius 2 is 2.20 bits per heavy atom. The van der Waals surface area contributed by atoms with Crippen LogP contribution >= 0.6 is 22.6 Å². The molecule has 2 rings (SSSR count). The second-order valence-corrected chi connectivity index (χ2v) is 3.99. The SMILES string of the molecule is Cn1nc(I)c2cc(OC(F)F)ccc21. The molecule has 0 bridgehead atoms. The van der Waals surface area contributed by atoms with Gasteiger partial charge in [0.1, 0.15) is 9.45 Å². The van der Waals surface area contributed by atoms with Crippen LogP contribution in [-0.2, 0) is 7.05 Å². The first-order chi connectivity index (χ1) is 7.08. The molecule has 0 aliphatic carbocycles. The number of fused-ring (bicyclic) bond motifs is 1. The monoisotopic (exact) mass is 324 g/mol. The number of hydrogen-bond acceptors (Lipinski definition) is 2. The highest BCUT2D eigenvalue weighted by molar-refractivity contribution is 14.1. The van der Waals surface area contributed by atoms with Crippen LogP contribution < -0.4 is 4.74 Å². The lowest BCUT2D eigenvalue weighted by molar-refractivity contribution is -0.0497. The number of aromatic nitrogens is 2. The maximum absolute atomic E-state index is 12.0. The molecule has 0 aliphatic heterocycles. The Kier molecular flexibility index (Phi) is 2.76. The molecule has 0 saturated carbocycles. The van der Waals surface area contributed by atoms with Gasteiger partial charge in [-0.05, 0) is 40.8 Å². The lowest BCUT2D eigenvalue weighted by atomic mass is 10.2. The minimum atomic E-state index is -2.79. The summed E-state index contributed by atoms with van der Waals surface area (Å²) in [5.41, 5.74) is 0.890. The van der Waals surface area contributed by atoms with Crippen LogP contribution in [0.2, 0.25) is 0 Å². The van der Waals surface area contributed by atoms with Gasteiger partial charge >= 0.3 is 6.61 Å². The summed E-state index contributed by atoms with van der Waals surface area (Å²) in [5, 5.41) is 4.99.